The second-order valence-corrected chi connectivity index (χ2v) is 8.17. The number of amides is 1. The number of aromatic nitrogens is 5. The monoisotopic (exact) mass is 424 g/mol. The number of aryl methyl sites for hydroxylation is 2. The minimum absolute atomic E-state index is 0.177. The summed E-state index contributed by atoms with van der Waals surface area (Å²) in [4.78, 5) is 12.0. The van der Waals surface area contributed by atoms with Crippen molar-refractivity contribution in [3.05, 3.63) is 39.6 Å². The van der Waals surface area contributed by atoms with Gasteiger partial charge in [0.25, 0.3) is 0 Å². The molecular formula is C16H17ClN6O2S2. The Bertz CT molecular complexity index is 958. The topological polar surface area (TPSA) is 94.8 Å². The van der Waals surface area contributed by atoms with Crippen LogP contribution in [0, 0.1) is 13.8 Å². The highest BCUT2D eigenvalue weighted by Gasteiger charge is 2.13. The van der Waals surface area contributed by atoms with E-state index in [0.29, 0.717) is 26.9 Å². The lowest BCUT2D eigenvalue weighted by Gasteiger charge is -2.08. The van der Waals surface area contributed by atoms with Crippen LogP contribution in [-0.4, -0.2) is 36.6 Å². The third-order valence-corrected chi connectivity index (χ3v) is 5.56. The lowest BCUT2D eigenvalue weighted by Crippen LogP contribution is -2.14. The first-order valence-corrected chi connectivity index (χ1v) is 10.1. The Morgan fingerprint density at radius 1 is 1.30 bits per heavy atom. The van der Waals surface area contributed by atoms with Crippen LogP contribution < -0.4 is 10.1 Å². The summed E-state index contributed by atoms with van der Waals surface area (Å²) >= 11 is 8.74. The van der Waals surface area contributed by atoms with E-state index in [1.807, 2.05) is 33.0 Å². The first-order chi connectivity index (χ1) is 12.9. The molecule has 11 heteroatoms. The largest absolute Gasteiger partial charge is 0.484 e. The van der Waals surface area contributed by atoms with Crippen LogP contribution in [0.15, 0.2) is 23.4 Å². The van der Waals surface area contributed by atoms with E-state index in [1.54, 1.807) is 10.6 Å². The predicted molar refractivity (Wildman–Crippen MR) is 106 cm³/mol. The SMILES string of the molecule is Cc1ccc(Cl)c(OCc2nnc(SCC(=O)Nc3nnc(C)s3)n2C)c1. The van der Waals surface area contributed by atoms with E-state index < -0.39 is 0 Å². The van der Waals surface area contributed by atoms with Gasteiger partial charge < -0.3 is 9.30 Å². The summed E-state index contributed by atoms with van der Waals surface area (Å²) in [5.74, 6) is 1.24. The number of anilines is 1. The molecule has 2 heterocycles. The fourth-order valence-corrected chi connectivity index (χ4v) is 3.60. The molecule has 0 aliphatic rings. The molecule has 142 valence electrons. The van der Waals surface area contributed by atoms with Gasteiger partial charge in [-0.2, -0.15) is 0 Å². The van der Waals surface area contributed by atoms with Gasteiger partial charge in [0.1, 0.15) is 17.4 Å². The van der Waals surface area contributed by atoms with Crippen molar-refractivity contribution in [3.8, 4) is 5.75 Å². The van der Waals surface area contributed by atoms with Gasteiger partial charge >= 0.3 is 0 Å². The van der Waals surface area contributed by atoms with E-state index in [1.165, 1.54) is 23.1 Å². The van der Waals surface area contributed by atoms with E-state index >= 15 is 0 Å². The lowest BCUT2D eigenvalue weighted by molar-refractivity contribution is -0.113. The van der Waals surface area contributed by atoms with Gasteiger partial charge in [-0.15, -0.1) is 20.4 Å². The Morgan fingerprint density at radius 3 is 2.85 bits per heavy atom. The van der Waals surface area contributed by atoms with Crippen molar-refractivity contribution in [2.24, 2.45) is 7.05 Å². The standard InChI is InChI=1S/C16H17ClN6O2S2/c1-9-4-5-11(17)12(6-9)25-7-13-20-22-16(23(13)3)26-8-14(24)18-15-21-19-10(2)27-15/h4-6H,7-8H2,1-3H3,(H,18,21,24). The van der Waals surface area contributed by atoms with Crippen LogP contribution in [-0.2, 0) is 18.4 Å². The van der Waals surface area contributed by atoms with Crippen LogP contribution in [0.25, 0.3) is 0 Å². The molecule has 0 bridgehead atoms. The van der Waals surface area contributed by atoms with Gasteiger partial charge in [0.2, 0.25) is 11.0 Å². The second-order valence-electron chi connectivity index (χ2n) is 5.64. The number of carbonyl (C=O) groups excluding carboxylic acids is 1. The highest BCUT2D eigenvalue weighted by atomic mass is 35.5. The van der Waals surface area contributed by atoms with Crippen molar-refractivity contribution in [1.29, 1.82) is 0 Å². The number of hydrogen-bond donors (Lipinski definition) is 1. The molecule has 1 amide bonds. The molecule has 0 saturated heterocycles. The maximum Gasteiger partial charge on any atom is 0.236 e. The molecule has 3 aromatic rings. The second kappa shape index (κ2) is 8.68. The Balaban J connectivity index is 1.55. The van der Waals surface area contributed by atoms with Gasteiger partial charge in [-0.25, -0.2) is 0 Å². The average Bonchev–Trinajstić information content (AvgIpc) is 3.19. The van der Waals surface area contributed by atoms with E-state index in [9.17, 15) is 4.79 Å². The summed E-state index contributed by atoms with van der Waals surface area (Å²) < 4.78 is 7.54. The van der Waals surface area contributed by atoms with Crippen LogP contribution in [0.5, 0.6) is 5.75 Å². The minimum atomic E-state index is -0.177. The number of nitrogens with one attached hydrogen (secondary N) is 1. The number of rotatable bonds is 7. The summed E-state index contributed by atoms with van der Waals surface area (Å²) in [6, 6.07) is 5.58. The fourth-order valence-electron chi connectivity index (χ4n) is 2.09. The molecule has 0 unspecified atom stereocenters. The van der Waals surface area contributed by atoms with Crippen LogP contribution in [0.1, 0.15) is 16.4 Å². The smallest absolute Gasteiger partial charge is 0.236 e. The highest BCUT2D eigenvalue weighted by molar-refractivity contribution is 7.99. The Hall–Kier alpha value is -2.17. The van der Waals surface area contributed by atoms with E-state index in [-0.39, 0.29) is 18.3 Å². The molecule has 3 rings (SSSR count). The van der Waals surface area contributed by atoms with Gasteiger partial charge in [-0.1, -0.05) is 40.8 Å². The highest BCUT2D eigenvalue weighted by Crippen LogP contribution is 2.26. The summed E-state index contributed by atoms with van der Waals surface area (Å²) in [6.07, 6.45) is 0. The number of thioether (sulfide) groups is 1. The van der Waals surface area contributed by atoms with Gasteiger partial charge in [-0.3, -0.25) is 10.1 Å². The molecule has 27 heavy (non-hydrogen) atoms. The first kappa shape index (κ1) is 19.6. The summed E-state index contributed by atoms with van der Waals surface area (Å²) in [5, 5.41) is 21.1. The van der Waals surface area contributed by atoms with Crippen molar-refractivity contribution in [1.82, 2.24) is 25.0 Å². The van der Waals surface area contributed by atoms with Crippen molar-refractivity contribution in [2.45, 2.75) is 25.6 Å². The van der Waals surface area contributed by atoms with Crippen LogP contribution in [0.4, 0.5) is 5.13 Å². The third kappa shape index (κ3) is 5.18. The third-order valence-electron chi connectivity index (χ3n) is 3.47. The van der Waals surface area contributed by atoms with Crippen molar-refractivity contribution >= 4 is 45.7 Å². The van der Waals surface area contributed by atoms with Crippen molar-refractivity contribution in [3.63, 3.8) is 0 Å². The van der Waals surface area contributed by atoms with Crippen LogP contribution in [0.3, 0.4) is 0 Å². The number of nitrogens with zero attached hydrogens (tertiary/aromatic N) is 5. The molecule has 0 saturated carbocycles. The number of hydrogen-bond acceptors (Lipinski definition) is 8. The molecule has 2 aromatic heterocycles. The fraction of sp³-hybridized carbons (Fsp3) is 0.312. The van der Waals surface area contributed by atoms with Crippen molar-refractivity contribution < 1.29 is 9.53 Å². The first-order valence-electron chi connectivity index (χ1n) is 7.92. The van der Waals surface area contributed by atoms with E-state index in [2.05, 4.69) is 25.7 Å². The molecule has 0 aliphatic heterocycles. The van der Waals surface area contributed by atoms with Gasteiger partial charge in [0.15, 0.2) is 11.0 Å². The molecule has 0 fully saturated rings. The Morgan fingerprint density at radius 2 is 2.11 bits per heavy atom. The Kier molecular flexibility index (Phi) is 6.30. The van der Waals surface area contributed by atoms with Crippen LogP contribution >= 0.6 is 34.7 Å². The molecule has 0 radical (unpaired) electrons. The maximum absolute atomic E-state index is 12.0. The molecule has 1 N–H and O–H groups in total. The average molecular weight is 425 g/mol. The number of benzene rings is 1. The van der Waals surface area contributed by atoms with Crippen molar-refractivity contribution in [2.75, 3.05) is 11.1 Å². The zero-order chi connectivity index (χ0) is 19.4. The summed E-state index contributed by atoms with van der Waals surface area (Å²) in [7, 11) is 1.82. The number of halogens is 1. The molecule has 0 spiro atoms. The van der Waals surface area contributed by atoms with Gasteiger partial charge in [0.05, 0.1) is 10.8 Å². The maximum atomic E-state index is 12.0. The van der Waals surface area contributed by atoms with Gasteiger partial charge in [0, 0.05) is 7.05 Å². The quantitative estimate of drug-likeness (QED) is 0.581. The molecular weight excluding hydrogens is 408 g/mol. The Labute approximate surface area is 169 Å². The molecule has 1 aromatic carbocycles. The normalized spacial score (nSPS) is 10.8. The van der Waals surface area contributed by atoms with E-state index in [4.69, 9.17) is 16.3 Å². The summed E-state index contributed by atoms with van der Waals surface area (Å²) in [6.45, 7) is 4.02. The number of ether oxygens (including phenoxy) is 1. The zero-order valence-corrected chi connectivity index (χ0v) is 17.3. The number of carbonyl (C=O) groups is 1. The lowest BCUT2D eigenvalue weighted by atomic mass is 10.2. The summed E-state index contributed by atoms with van der Waals surface area (Å²) in [5.41, 5.74) is 1.06. The zero-order valence-electron chi connectivity index (χ0n) is 14.9. The van der Waals surface area contributed by atoms with E-state index in [0.717, 1.165) is 10.6 Å². The predicted octanol–water partition coefficient (Wildman–Crippen LogP) is 3.25. The minimum Gasteiger partial charge on any atom is -0.484 e. The molecule has 0 aliphatic carbocycles. The molecule has 8 nitrogen and oxygen atoms in total. The molecule has 0 atom stereocenters. The van der Waals surface area contributed by atoms with Gasteiger partial charge in [-0.05, 0) is 31.5 Å². The van der Waals surface area contributed by atoms with Crippen LogP contribution in [0.2, 0.25) is 5.02 Å².